The standard InChI is InChI=1S/C20H21NO6S/c1-14(2)27-15-8-10-16(11-9-15)28(24,25)26-13-5-12-21-19(22)17-6-3-4-7-18(17)20(21)23/h3-4,6-11,14H,5,12-13H2,1-2H3. The van der Waals surface area contributed by atoms with Crippen LogP contribution in [-0.4, -0.2) is 44.4 Å². The van der Waals surface area contributed by atoms with Crippen molar-refractivity contribution >= 4 is 21.9 Å². The summed E-state index contributed by atoms with van der Waals surface area (Å²) >= 11 is 0. The number of carbonyl (C=O) groups excluding carboxylic acids is 2. The van der Waals surface area contributed by atoms with E-state index < -0.39 is 10.1 Å². The summed E-state index contributed by atoms with van der Waals surface area (Å²) in [5.74, 6) is -0.173. The third-order valence-corrected chi connectivity index (χ3v) is 5.45. The first kappa shape index (κ1) is 20.0. The zero-order valence-electron chi connectivity index (χ0n) is 15.6. The maximum absolute atomic E-state index is 12.3. The van der Waals surface area contributed by atoms with Crippen LogP contribution in [-0.2, 0) is 14.3 Å². The highest BCUT2D eigenvalue weighted by atomic mass is 32.2. The van der Waals surface area contributed by atoms with Gasteiger partial charge in [0.1, 0.15) is 5.75 Å². The fourth-order valence-corrected chi connectivity index (χ4v) is 3.80. The van der Waals surface area contributed by atoms with Crippen molar-refractivity contribution in [2.24, 2.45) is 0 Å². The number of ether oxygens (including phenoxy) is 1. The normalized spacial score (nSPS) is 13.9. The Hall–Kier alpha value is -2.71. The van der Waals surface area contributed by atoms with Gasteiger partial charge < -0.3 is 4.74 Å². The summed E-state index contributed by atoms with van der Waals surface area (Å²) in [6.07, 6.45) is 0.194. The van der Waals surface area contributed by atoms with Crippen LogP contribution in [0.3, 0.4) is 0 Å². The van der Waals surface area contributed by atoms with Crippen LogP contribution < -0.4 is 4.74 Å². The third kappa shape index (κ3) is 4.23. The molecule has 2 aromatic carbocycles. The van der Waals surface area contributed by atoms with Gasteiger partial charge in [0, 0.05) is 6.54 Å². The van der Waals surface area contributed by atoms with Gasteiger partial charge in [-0.05, 0) is 56.7 Å². The second kappa shape index (κ2) is 8.12. The third-order valence-electron chi connectivity index (χ3n) is 4.13. The summed E-state index contributed by atoms with van der Waals surface area (Å²) in [4.78, 5) is 25.7. The van der Waals surface area contributed by atoms with Gasteiger partial charge >= 0.3 is 0 Å². The molecule has 0 aliphatic carbocycles. The van der Waals surface area contributed by atoms with Crippen LogP contribution in [0.2, 0.25) is 0 Å². The van der Waals surface area contributed by atoms with Crippen molar-refractivity contribution in [2.75, 3.05) is 13.2 Å². The number of benzene rings is 2. The molecule has 8 heteroatoms. The topological polar surface area (TPSA) is 90.0 Å². The highest BCUT2D eigenvalue weighted by Crippen LogP contribution is 2.23. The van der Waals surface area contributed by atoms with Gasteiger partial charge in [0.05, 0.1) is 28.7 Å². The van der Waals surface area contributed by atoms with E-state index in [4.69, 9.17) is 8.92 Å². The van der Waals surface area contributed by atoms with Gasteiger partial charge in [-0.25, -0.2) is 0 Å². The van der Waals surface area contributed by atoms with Crippen molar-refractivity contribution in [1.29, 1.82) is 0 Å². The average Bonchev–Trinajstić information content (AvgIpc) is 2.90. The lowest BCUT2D eigenvalue weighted by atomic mass is 10.1. The Morgan fingerprint density at radius 3 is 2.04 bits per heavy atom. The molecule has 0 aromatic heterocycles. The molecule has 2 amide bonds. The number of fused-ring (bicyclic) bond motifs is 1. The van der Waals surface area contributed by atoms with Gasteiger partial charge in [-0.2, -0.15) is 8.42 Å². The minimum atomic E-state index is -3.93. The molecule has 0 bridgehead atoms. The molecular weight excluding hydrogens is 382 g/mol. The number of nitrogens with zero attached hydrogens (tertiary/aromatic N) is 1. The maximum Gasteiger partial charge on any atom is 0.296 e. The fourth-order valence-electron chi connectivity index (χ4n) is 2.86. The minimum Gasteiger partial charge on any atom is -0.491 e. The van der Waals surface area contributed by atoms with Crippen molar-refractivity contribution in [3.8, 4) is 5.75 Å². The van der Waals surface area contributed by atoms with Crippen LogP contribution in [0.5, 0.6) is 5.75 Å². The Balaban J connectivity index is 1.54. The number of amides is 2. The van der Waals surface area contributed by atoms with E-state index in [9.17, 15) is 18.0 Å². The highest BCUT2D eigenvalue weighted by Gasteiger charge is 2.34. The van der Waals surface area contributed by atoms with Gasteiger partial charge in [0.2, 0.25) is 0 Å². The van der Waals surface area contributed by atoms with Crippen LogP contribution >= 0.6 is 0 Å². The summed E-state index contributed by atoms with van der Waals surface area (Å²) in [6.45, 7) is 3.70. The molecule has 0 spiro atoms. The Labute approximate surface area is 164 Å². The molecule has 0 atom stereocenters. The first-order chi connectivity index (χ1) is 13.3. The van der Waals surface area contributed by atoms with Crippen LogP contribution in [0.1, 0.15) is 41.0 Å². The van der Waals surface area contributed by atoms with E-state index in [2.05, 4.69) is 0 Å². The minimum absolute atomic E-state index is 0.0131. The predicted molar refractivity (Wildman–Crippen MR) is 102 cm³/mol. The number of hydrogen-bond acceptors (Lipinski definition) is 6. The summed E-state index contributed by atoms with van der Waals surface area (Å²) < 4.78 is 35.0. The molecule has 1 aliphatic rings. The molecule has 28 heavy (non-hydrogen) atoms. The largest absolute Gasteiger partial charge is 0.491 e. The van der Waals surface area contributed by atoms with Crippen LogP contribution in [0, 0.1) is 0 Å². The van der Waals surface area contributed by atoms with E-state index in [1.807, 2.05) is 13.8 Å². The molecule has 2 aromatic rings. The molecule has 0 saturated heterocycles. The SMILES string of the molecule is CC(C)Oc1ccc(S(=O)(=O)OCCCN2C(=O)c3ccccc3C2=O)cc1. The summed E-state index contributed by atoms with van der Waals surface area (Å²) in [5, 5.41) is 0. The molecule has 0 fully saturated rings. The number of carbonyl (C=O) groups is 2. The number of imide groups is 1. The van der Waals surface area contributed by atoms with E-state index in [1.165, 1.54) is 12.1 Å². The van der Waals surface area contributed by atoms with Gasteiger partial charge in [-0.1, -0.05) is 12.1 Å². The van der Waals surface area contributed by atoms with E-state index in [1.54, 1.807) is 36.4 Å². The lowest BCUT2D eigenvalue weighted by Crippen LogP contribution is -2.31. The van der Waals surface area contributed by atoms with E-state index in [-0.39, 0.29) is 42.4 Å². The second-order valence-corrected chi connectivity index (χ2v) is 8.19. The predicted octanol–water partition coefficient (Wildman–Crippen LogP) is 2.87. The summed E-state index contributed by atoms with van der Waals surface area (Å²) in [7, 11) is -3.93. The molecule has 7 nitrogen and oxygen atoms in total. The molecular formula is C20H21NO6S. The molecule has 1 heterocycles. The molecule has 1 aliphatic heterocycles. The summed E-state index contributed by atoms with van der Waals surface area (Å²) in [6, 6.07) is 12.5. The molecule has 0 saturated carbocycles. The van der Waals surface area contributed by atoms with Crippen LogP contribution in [0.25, 0.3) is 0 Å². The zero-order chi connectivity index (χ0) is 20.3. The lowest BCUT2D eigenvalue weighted by Gasteiger charge is -2.14. The van der Waals surface area contributed by atoms with Gasteiger partial charge in [0.15, 0.2) is 0 Å². The van der Waals surface area contributed by atoms with Crippen LogP contribution in [0.4, 0.5) is 0 Å². The van der Waals surface area contributed by atoms with Crippen molar-refractivity contribution in [3.05, 3.63) is 59.7 Å². The molecule has 148 valence electrons. The highest BCUT2D eigenvalue weighted by molar-refractivity contribution is 7.86. The monoisotopic (exact) mass is 403 g/mol. The van der Waals surface area contributed by atoms with E-state index in [0.29, 0.717) is 16.9 Å². The van der Waals surface area contributed by atoms with Gasteiger partial charge in [-0.3, -0.25) is 18.7 Å². The van der Waals surface area contributed by atoms with Gasteiger partial charge in [0.25, 0.3) is 21.9 Å². The maximum atomic E-state index is 12.3. The van der Waals surface area contributed by atoms with Crippen molar-refractivity contribution < 1.29 is 26.9 Å². The zero-order valence-corrected chi connectivity index (χ0v) is 16.4. The molecule has 0 N–H and O–H groups in total. The van der Waals surface area contributed by atoms with Gasteiger partial charge in [-0.15, -0.1) is 0 Å². The first-order valence-electron chi connectivity index (χ1n) is 8.91. The Kier molecular flexibility index (Phi) is 5.81. The first-order valence-corrected chi connectivity index (χ1v) is 10.3. The molecule has 0 unspecified atom stereocenters. The number of hydrogen-bond donors (Lipinski definition) is 0. The Morgan fingerprint density at radius 2 is 1.50 bits per heavy atom. The van der Waals surface area contributed by atoms with E-state index in [0.717, 1.165) is 4.90 Å². The average molecular weight is 403 g/mol. The smallest absolute Gasteiger partial charge is 0.296 e. The quantitative estimate of drug-likeness (QED) is 0.382. The van der Waals surface area contributed by atoms with Crippen LogP contribution in [0.15, 0.2) is 53.4 Å². The van der Waals surface area contributed by atoms with E-state index >= 15 is 0 Å². The van der Waals surface area contributed by atoms with Crippen molar-refractivity contribution in [3.63, 3.8) is 0 Å². The fraction of sp³-hybridized carbons (Fsp3) is 0.300. The Morgan fingerprint density at radius 1 is 0.929 bits per heavy atom. The van der Waals surface area contributed by atoms with Crippen molar-refractivity contribution in [2.45, 2.75) is 31.3 Å². The van der Waals surface area contributed by atoms with Crippen molar-refractivity contribution in [1.82, 2.24) is 4.90 Å². The Bertz CT molecular complexity index is 947. The second-order valence-electron chi connectivity index (χ2n) is 6.58. The number of rotatable bonds is 8. The summed E-state index contributed by atoms with van der Waals surface area (Å²) in [5.41, 5.74) is 0.731. The molecule has 0 radical (unpaired) electrons. The molecule has 3 rings (SSSR count). The lowest BCUT2D eigenvalue weighted by molar-refractivity contribution is 0.0647.